The summed E-state index contributed by atoms with van der Waals surface area (Å²) in [5, 5.41) is 6.99. The van der Waals surface area contributed by atoms with Gasteiger partial charge in [-0.05, 0) is 63.2 Å². The number of rotatable bonds is 6. The van der Waals surface area contributed by atoms with Gasteiger partial charge in [0.1, 0.15) is 0 Å². The van der Waals surface area contributed by atoms with Gasteiger partial charge < -0.3 is 15.5 Å². The van der Waals surface area contributed by atoms with Crippen LogP contribution in [0.1, 0.15) is 29.6 Å². The number of nitrogens with zero attached hydrogens (tertiary/aromatic N) is 2. The lowest BCUT2D eigenvalue weighted by Crippen LogP contribution is -2.28. The van der Waals surface area contributed by atoms with Crippen LogP contribution < -0.4 is 10.6 Å². The number of fused-ring (bicyclic) bond motifs is 1. The number of carbonyl (C=O) groups excluding carboxylic acids is 1. The minimum atomic E-state index is -2.93. The number of likely N-dealkylation sites (tertiary alicyclic amines) is 1. The molecule has 2 N–H and O–H groups in total. The van der Waals surface area contributed by atoms with Gasteiger partial charge in [0.2, 0.25) is 0 Å². The van der Waals surface area contributed by atoms with Gasteiger partial charge in [-0.25, -0.2) is 8.42 Å². The van der Waals surface area contributed by atoms with E-state index in [1.165, 1.54) is 37.7 Å². The summed E-state index contributed by atoms with van der Waals surface area (Å²) in [5.74, 6) is 0.293. The normalized spacial score (nSPS) is 26.1. The third-order valence-corrected chi connectivity index (χ3v) is 8.49. The summed E-state index contributed by atoms with van der Waals surface area (Å²) in [5.41, 5.74) is 1.48. The molecule has 0 bridgehead atoms. The first-order valence-corrected chi connectivity index (χ1v) is 12.5. The van der Waals surface area contributed by atoms with Crippen LogP contribution in [0.5, 0.6) is 0 Å². The van der Waals surface area contributed by atoms with Crippen LogP contribution in [0.4, 0.5) is 5.69 Å². The molecule has 0 unspecified atom stereocenters. The quantitative estimate of drug-likeness (QED) is 0.677. The van der Waals surface area contributed by atoms with Crippen LogP contribution in [0.2, 0.25) is 0 Å². The molecular formula is C19H26N4O3S2. The van der Waals surface area contributed by atoms with Crippen molar-refractivity contribution in [3.05, 3.63) is 29.8 Å². The van der Waals surface area contributed by atoms with Crippen molar-refractivity contribution in [3.8, 4) is 0 Å². The average molecular weight is 423 g/mol. The van der Waals surface area contributed by atoms with E-state index in [-0.39, 0.29) is 28.7 Å². The lowest BCUT2D eigenvalue weighted by molar-refractivity contribution is 0.0952. The highest BCUT2D eigenvalue weighted by Crippen LogP contribution is 2.34. The molecule has 0 saturated carbocycles. The number of benzene rings is 1. The number of anilines is 1. The van der Waals surface area contributed by atoms with Crippen molar-refractivity contribution < 1.29 is 13.2 Å². The fourth-order valence-corrected chi connectivity index (χ4v) is 7.53. The van der Waals surface area contributed by atoms with Crippen LogP contribution in [-0.4, -0.2) is 73.4 Å². The predicted octanol–water partition coefficient (Wildman–Crippen LogP) is 1.58. The van der Waals surface area contributed by atoms with Gasteiger partial charge in [0, 0.05) is 23.0 Å². The topological polar surface area (TPSA) is 90.9 Å². The maximum atomic E-state index is 12.3. The summed E-state index contributed by atoms with van der Waals surface area (Å²) >= 11 is 1.49. The molecule has 0 radical (unpaired) electrons. The van der Waals surface area contributed by atoms with Crippen LogP contribution in [0, 0.1) is 0 Å². The van der Waals surface area contributed by atoms with Crippen LogP contribution in [0.3, 0.4) is 0 Å². The van der Waals surface area contributed by atoms with Crippen molar-refractivity contribution in [2.45, 2.75) is 30.6 Å². The average Bonchev–Trinajstić information content (AvgIpc) is 3.34. The zero-order chi connectivity index (χ0) is 19.6. The smallest absolute Gasteiger partial charge is 0.251 e. The molecule has 3 aliphatic rings. The molecule has 9 heteroatoms. The lowest BCUT2D eigenvalue weighted by Gasteiger charge is -2.14. The van der Waals surface area contributed by atoms with E-state index in [4.69, 9.17) is 0 Å². The molecule has 28 heavy (non-hydrogen) atoms. The summed E-state index contributed by atoms with van der Waals surface area (Å²) in [6.07, 6.45) is 3.55. The standard InChI is InChI=1S/C19H26N4O3S2/c24-18(20-8-3-11-23-9-1-2-10-23)14-4-6-15(7-5-14)21-19-22-16-12-28(25,26)13-17(16)27-19/h4-7,16-17H,1-3,8-13H2,(H,20,24)(H,21,22)/t16-,17-/m1/s1. The predicted molar refractivity (Wildman–Crippen MR) is 114 cm³/mol. The molecule has 1 aromatic carbocycles. The number of aliphatic imine (C=N–C) groups is 1. The van der Waals surface area contributed by atoms with Crippen LogP contribution in [0.25, 0.3) is 0 Å². The highest BCUT2D eigenvalue weighted by molar-refractivity contribution is 8.15. The van der Waals surface area contributed by atoms with E-state index in [1.54, 1.807) is 12.1 Å². The number of amidine groups is 1. The van der Waals surface area contributed by atoms with E-state index >= 15 is 0 Å². The van der Waals surface area contributed by atoms with E-state index in [1.807, 2.05) is 12.1 Å². The molecule has 2 saturated heterocycles. The molecule has 7 nitrogen and oxygen atoms in total. The van der Waals surface area contributed by atoms with E-state index < -0.39 is 9.84 Å². The Bertz CT molecular complexity index is 848. The largest absolute Gasteiger partial charge is 0.352 e. The monoisotopic (exact) mass is 422 g/mol. The maximum absolute atomic E-state index is 12.3. The Balaban J connectivity index is 1.23. The van der Waals surface area contributed by atoms with E-state index in [0.717, 1.165) is 23.8 Å². The Labute approximate surface area is 170 Å². The molecule has 2 atom stereocenters. The number of thioether (sulfide) groups is 1. The summed E-state index contributed by atoms with van der Waals surface area (Å²) < 4.78 is 23.3. The molecule has 152 valence electrons. The highest BCUT2D eigenvalue weighted by atomic mass is 32.2. The van der Waals surface area contributed by atoms with Crippen molar-refractivity contribution in [1.29, 1.82) is 0 Å². The molecular weight excluding hydrogens is 396 g/mol. The third-order valence-electron chi connectivity index (χ3n) is 5.35. The van der Waals surface area contributed by atoms with E-state index in [9.17, 15) is 13.2 Å². The van der Waals surface area contributed by atoms with Crippen molar-refractivity contribution in [2.75, 3.05) is 43.0 Å². The van der Waals surface area contributed by atoms with Gasteiger partial charge >= 0.3 is 0 Å². The summed E-state index contributed by atoms with van der Waals surface area (Å²) in [6, 6.07) is 7.16. The summed E-state index contributed by atoms with van der Waals surface area (Å²) in [6.45, 7) is 4.10. The number of hydrogen-bond donors (Lipinski definition) is 2. The third kappa shape index (κ3) is 4.87. The van der Waals surface area contributed by atoms with Gasteiger partial charge in [0.05, 0.1) is 17.5 Å². The number of amides is 1. The zero-order valence-corrected chi connectivity index (χ0v) is 17.4. The van der Waals surface area contributed by atoms with Crippen LogP contribution in [-0.2, 0) is 9.84 Å². The van der Waals surface area contributed by atoms with Crippen molar-refractivity contribution >= 4 is 38.4 Å². The SMILES string of the molecule is O=C(NCCCN1CCCC1)c1ccc(NC2=N[C@@H]3CS(=O)(=O)C[C@H]3S2)cc1. The first-order valence-electron chi connectivity index (χ1n) is 9.81. The van der Waals surface area contributed by atoms with Gasteiger partial charge in [-0.2, -0.15) is 0 Å². The van der Waals surface area contributed by atoms with E-state index in [0.29, 0.717) is 12.1 Å². The van der Waals surface area contributed by atoms with Gasteiger partial charge in [-0.15, -0.1) is 0 Å². The Morgan fingerprint density at radius 3 is 2.64 bits per heavy atom. The second-order valence-electron chi connectivity index (χ2n) is 7.60. The van der Waals surface area contributed by atoms with E-state index in [2.05, 4.69) is 20.5 Å². The molecule has 2 fully saturated rings. The number of hydrogen-bond acceptors (Lipinski definition) is 7. The molecule has 1 aromatic rings. The van der Waals surface area contributed by atoms with Crippen LogP contribution >= 0.6 is 11.8 Å². The number of nitrogens with one attached hydrogen (secondary N) is 2. The first-order chi connectivity index (χ1) is 13.5. The summed E-state index contributed by atoms with van der Waals surface area (Å²) in [4.78, 5) is 19.2. The Morgan fingerprint density at radius 2 is 1.93 bits per heavy atom. The maximum Gasteiger partial charge on any atom is 0.251 e. The van der Waals surface area contributed by atoms with Gasteiger partial charge in [-0.3, -0.25) is 9.79 Å². The Kier molecular flexibility index (Phi) is 5.93. The second-order valence-corrected chi connectivity index (χ2v) is 11.0. The molecule has 4 rings (SSSR count). The molecule has 0 aliphatic carbocycles. The molecule has 1 amide bonds. The van der Waals surface area contributed by atoms with Crippen molar-refractivity contribution in [2.24, 2.45) is 4.99 Å². The highest BCUT2D eigenvalue weighted by Gasteiger charge is 2.42. The molecule has 3 aliphatic heterocycles. The zero-order valence-electron chi connectivity index (χ0n) is 15.8. The van der Waals surface area contributed by atoms with Crippen LogP contribution in [0.15, 0.2) is 29.3 Å². The summed E-state index contributed by atoms with van der Waals surface area (Å²) in [7, 11) is -2.93. The van der Waals surface area contributed by atoms with Gasteiger partial charge in [-0.1, -0.05) is 11.8 Å². The fourth-order valence-electron chi connectivity index (χ4n) is 3.86. The van der Waals surface area contributed by atoms with Crippen molar-refractivity contribution in [1.82, 2.24) is 10.2 Å². The molecule has 3 heterocycles. The lowest BCUT2D eigenvalue weighted by atomic mass is 10.2. The first kappa shape index (κ1) is 19.7. The number of carbonyl (C=O) groups is 1. The molecule has 0 aromatic heterocycles. The van der Waals surface area contributed by atoms with Crippen molar-refractivity contribution in [3.63, 3.8) is 0 Å². The van der Waals surface area contributed by atoms with Gasteiger partial charge in [0.25, 0.3) is 5.91 Å². The Morgan fingerprint density at radius 1 is 1.18 bits per heavy atom. The Hall–Kier alpha value is -1.58. The minimum absolute atomic E-state index is 0.0260. The number of sulfone groups is 1. The second kappa shape index (κ2) is 8.42. The minimum Gasteiger partial charge on any atom is -0.352 e. The van der Waals surface area contributed by atoms with Gasteiger partial charge in [0.15, 0.2) is 15.0 Å². The molecule has 0 spiro atoms. The fraction of sp³-hybridized carbons (Fsp3) is 0.579.